The van der Waals surface area contributed by atoms with E-state index in [4.69, 9.17) is 17.3 Å². The number of anilines is 2. The molecular formula is C16H12ClN5OS. The van der Waals surface area contributed by atoms with Crippen LogP contribution in [0.2, 0.25) is 5.02 Å². The maximum atomic E-state index is 12.6. The van der Waals surface area contributed by atoms with E-state index in [9.17, 15) is 4.79 Å². The normalized spacial score (nSPS) is 11.2. The van der Waals surface area contributed by atoms with Gasteiger partial charge < -0.3 is 10.3 Å². The van der Waals surface area contributed by atoms with Crippen LogP contribution in [0, 0.1) is 0 Å². The Hall–Kier alpha value is -2.64. The number of benzene rings is 1. The van der Waals surface area contributed by atoms with Gasteiger partial charge in [0.2, 0.25) is 5.95 Å². The van der Waals surface area contributed by atoms with Gasteiger partial charge in [0.05, 0.1) is 16.7 Å². The van der Waals surface area contributed by atoms with Crippen LogP contribution in [0.4, 0.5) is 11.6 Å². The third-order valence-electron chi connectivity index (χ3n) is 3.78. The average Bonchev–Trinajstić information content (AvgIpc) is 3.07. The molecule has 4 rings (SSSR count). The first-order valence-electron chi connectivity index (χ1n) is 7.11. The zero-order chi connectivity index (χ0) is 16.8. The predicted molar refractivity (Wildman–Crippen MR) is 97.7 cm³/mol. The van der Waals surface area contributed by atoms with E-state index in [2.05, 4.69) is 15.3 Å². The maximum absolute atomic E-state index is 12.6. The first-order chi connectivity index (χ1) is 11.5. The van der Waals surface area contributed by atoms with Gasteiger partial charge in [-0.1, -0.05) is 11.6 Å². The molecule has 0 radical (unpaired) electrons. The molecule has 0 saturated heterocycles. The predicted octanol–water partition coefficient (Wildman–Crippen LogP) is 3.67. The lowest BCUT2D eigenvalue weighted by Crippen LogP contribution is -2.15. The number of nitrogens with two attached hydrogens (primary N) is 1. The quantitative estimate of drug-likeness (QED) is 0.573. The number of amides is 1. The van der Waals surface area contributed by atoms with Crippen molar-refractivity contribution in [1.29, 1.82) is 0 Å². The number of carbonyl (C=O) groups is 1. The Labute approximate surface area is 145 Å². The highest BCUT2D eigenvalue weighted by Crippen LogP contribution is 2.32. The summed E-state index contributed by atoms with van der Waals surface area (Å²) in [4.78, 5) is 22.4. The molecule has 0 aliphatic heterocycles. The third-order valence-corrected chi connectivity index (χ3v) is 5.14. The second-order valence-electron chi connectivity index (χ2n) is 5.28. The van der Waals surface area contributed by atoms with Crippen molar-refractivity contribution in [3.05, 3.63) is 46.4 Å². The summed E-state index contributed by atoms with van der Waals surface area (Å²) in [5.74, 6) is 0.127. The molecule has 0 spiro atoms. The molecule has 1 amide bonds. The summed E-state index contributed by atoms with van der Waals surface area (Å²) >= 11 is 7.28. The van der Waals surface area contributed by atoms with Crippen molar-refractivity contribution in [2.24, 2.45) is 7.05 Å². The zero-order valence-electron chi connectivity index (χ0n) is 12.6. The largest absolute Gasteiger partial charge is 0.397 e. The minimum absolute atomic E-state index is 0.306. The fraction of sp³-hybridized carbons (Fsp3) is 0.0625. The van der Waals surface area contributed by atoms with Crippen LogP contribution in [0.25, 0.3) is 21.3 Å². The van der Waals surface area contributed by atoms with E-state index in [-0.39, 0.29) is 5.91 Å². The Morgan fingerprint density at radius 2 is 2.21 bits per heavy atom. The highest BCUT2D eigenvalue weighted by atomic mass is 35.5. The fourth-order valence-electron chi connectivity index (χ4n) is 2.55. The summed E-state index contributed by atoms with van der Waals surface area (Å²) in [5, 5.41) is 4.21. The SMILES string of the molecule is Cn1c(NC(=O)c2sc3ncccc3c2N)nc2ccc(Cl)cc21. The highest BCUT2D eigenvalue weighted by Gasteiger charge is 2.19. The zero-order valence-corrected chi connectivity index (χ0v) is 14.1. The Balaban J connectivity index is 1.73. The van der Waals surface area contributed by atoms with Crippen molar-refractivity contribution in [1.82, 2.24) is 14.5 Å². The second kappa shape index (κ2) is 5.47. The van der Waals surface area contributed by atoms with Gasteiger partial charge in [-0.2, -0.15) is 0 Å². The van der Waals surface area contributed by atoms with E-state index < -0.39 is 0 Å². The number of halogens is 1. The van der Waals surface area contributed by atoms with E-state index in [1.807, 2.05) is 19.2 Å². The Kier molecular flexibility index (Phi) is 3.40. The molecule has 0 aliphatic rings. The van der Waals surface area contributed by atoms with E-state index in [1.165, 1.54) is 11.3 Å². The van der Waals surface area contributed by atoms with E-state index >= 15 is 0 Å². The maximum Gasteiger partial charge on any atom is 0.270 e. The molecule has 3 heterocycles. The molecule has 4 aromatic rings. The lowest BCUT2D eigenvalue weighted by molar-refractivity contribution is 0.103. The van der Waals surface area contributed by atoms with Gasteiger partial charge in [0.25, 0.3) is 5.91 Å². The summed E-state index contributed by atoms with van der Waals surface area (Å²) in [7, 11) is 1.82. The first kappa shape index (κ1) is 14.9. The Morgan fingerprint density at radius 1 is 1.38 bits per heavy atom. The number of carbonyl (C=O) groups excluding carboxylic acids is 1. The number of aryl methyl sites for hydroxylation is 1. The van der Waals surface area contributed by atoms with Crippen LogP contribution in [0.3, 0.4) is 0 Å². The minimum Gasteiger partial charge on any atom is -0.397 e. The highest BCUT2D eigenvalue weighted by molar-refractivity contribution is 7.21. The van der Waals surface area contributed by atoms with Gasteiger partial charge in [-0.25, -0.2) is 9.97 Å². The van der Waals surface area contributed by atoms with Crippen molar-refractivity contribution in [2.45, 2.75) is 0 Å². The number of imidazole rings is 1. The van der Waals surface area contributed by atoms with Gasteiger partial charge in [0.1, 0.15) is 9.71 Å². The van der Waals surface area contributed by atoms with Crippen molar-refractivity contribution >= 4 is 61.7 Å². The van der Waals surface area contributed by atoms with Gasteiger partial charge in [0.15, 0.2) is 0 Å². The molecule has 0 aliphatic carbocycles. The number of fused-ring (bicyclic) bond motifs is 2. The minimum atomic E-state index is -0.306. The summed E-state index contributed by atoms with van der Waals surface area (Å²) in [6, 6.07) is 9.02. The Bertz CT molecular complexity index is 1100. The summed E-state index contributed by atoms with van der Waals surface area (Å²) in [5.41, 5.74) is 8.11. The van der Waals surface area contributed by atoms with Crippen LogP contribution in [0.1, 0.15) is 9.67 Å². The summed E-state index contributed by atoms with van der Waals surface area (Å²) in [6.45, 7) is 0. The number of pyridine rings is 1. The van der Waals surface area contributed by atoms with Crippen LogP contribution < -0.4 is 11.1 Å². The van der Waals surface area contributed by atoms with Crippen molar-refractivity contribution in [2.75, 3.05) is 11.1 Å². The number of nitrogen functional groups attached to an aromatic ring is 1. The van der Waals surface area contributed by atoms with Crippen LogP contribution in [-0.2, 0) is 7.05 Å². The van der Waals surface area contributed by atoms with Crippen LogP contribution in [0.5, 0.6) is 0 Å². The summed E-state index contributed by atoms with van der Waals surface area (Å²) < 4.78 is 1.78. The smallest absolute Gasteiger partial charge is 0.270 e. The van der Waals surface area contributed by atoms with Gasteiger partial charge in [0, 0.05) is 23.7 Å². The molecule has 0 atom stereocenters. The van der Waals surface area contributed by atoms with Crippen molar-refractivity contribution in [3.63, 3.8) is 0 Å². The molecule has 0 fully saturated rings. The third kappa shape index (κ3) is 2.29. The monoisotopic (exact) mass is 357 g/mol. The summed E-state index contributed by atoms with van der Waals surface area (Å²) in [6.07, 6.45) is 1.68. The molecule has 3 aromatic heterocycles. The lowest BCUT2D eigenvalue weighted by atomic mass is 10.2. The van der Waals surface area contributed by atoms with Gasteiger partial charge in [-0.3, -0.25) is 10.1 Å². The van der Waals surface area contributed by atoms with Gasteiger partial charge in [-0.05, 0) is 30.3 Å². The number of thiophene rings is 1. The standard InChI is InChI=1S/C16H12ClN5OS/c1-22-11-7-8(17)4-5-10(11)20-16(22)21-14(23)13-12(18)9-3-2-6-19-15(9)24-13/h2-7H,18H2,1H3,(H,20,21,23). The number of aromatic nitrogens is 3. The molecule has 1 aromatic carbocycles. The lowest BCUT2D eigenvalue weighted by Gasteiger charge is -2.04. The number of hydrogen-bond donors (Lipinski definition) is 2. The molecule has 8 heteroatoms. The van der Waals surface area contributed by atoms with Crippen molar-refractivity contribution in [3.8, 4) is 0 Å². The van der Waals surface area contributed by atoms with Crippen LogP contribution in [0.15, 0.2) is 36.5 Å². The van der Waals surface area contributed by atoms with Crippen LogP contribution in [-0.4, -0.2) is 20.4 Å². The van der Waals surface area contributed by atoms with Crippen molar-refractivity contribution < 1.29 is 4.79 Å². The number of hydrogen-bond acceptors (Lipinski definition) is 5. The molecule has 6 nitrogen and oxygen atoms in total. The molecule has 0 unspecified atom stereocenters. The second-order valence-corrected chi connectivity index (χ2v) is 6.72. The first-order valence-corrected chi connectivity index (χ1v) is 8.30. The van der Waals surface area contributed by atoms with E-state index in [0.717, 1.165) is 21.3 Å². The van der Waals surface area contributed by atoms with Gasteiger partial charge in [-0.15, -0.1) is 11.3 Å². The number of rotatable bonds is 2. The molecule has 0 saturated carbocycles. The molecule has 0 bridgehead atoms. The fourth-order valence-corrected chi connectivity index (χ4v) is 3.68. The average molecular weight is 358 g/mol. The van der Waals surface area contributed by atoms with Gasteiger partial charge >= 0.3 is 0 Å². The topological polar surface area (TPSA) is 85.8 Å². The number of nitrogens with one attached hydrogen (secondary N) is 1. The molecule has 3 N–H and O–H groups in total. The molecular weight excluding hydrogens is 346 g/mol. The molecule has 120 valence electrons. The van der Waals surface area contributed by atoms with Crippen LogP contribution >= 0.6 is 22.9 Å². The Morgan fingerprint density at radius 3 is 3.00 bits per heavy atom. The van der Waals surface area contributed by atoms with E-state index in [1.54, 1.807) is 29.0 Å². The molecule has 24 heavy (non-hydrogen) atoms. The number of nitrogens with zero attached hydrogens (tertiary/aromatic N) is 3. The van der Waals surface area contributed by atoms with E-state index in [0.29, 0.717) is 21.5 Å².